The van der Waals surface area contributed by atoms with Crippen LogP contribution in [0.1, 0.15) is 23.8 Å². The van der Waals surface area contributed by atoms with Crippen LogP contribution in [0.3, 0.4) is 0 Å². The molecule has 21 heavy (non-hydrogen) atoms. The van der Waals surface area contributed by atoms with E-state index >= 15 is 0 Å². The number of aryl methyl sites for hydroxylation is 1. The Hall–Kier alpha value is -1.49. The number of furan rings is 1. The molecule has 2 rings (SSSR count). The molecule has 6 heteroatoms. The quantitative estimate of drug-likeness (QED) is 0.855. The van der Waals surface area contributed by atoms with E-state index in [0.29, 0.717) is 22.2 Å². The number of benzene rings is 1. The summed E-state index contributed by atoms with van der Waals surface area (Å²) in [6.45, 7) is 0.112. The van der Waals surface area contributed by atoms with Gasteiger partial charge in [-0.05, 0) is 36.2 Å². The van der Waals surface area contributed by atoms with Crippen LogP contribution in [0.25, 0.3) is 0 Å². The van der Waals surface area contributed by atoms with Gasteiger partial charge in [0.05, 0.1) is 12.8 Å². The van der Waals surface area contributed by atoms with Gasteiger partial charge in [0.1, 0.15) is 11.9 Å². The molecule has 1 aromatic heterocycles. The lowest BCUT2D eigenvalue weighted by molar-refractivity contribution is -0.121. The number of hydrogen-bond acceptors (Lipinski definition) is 3. The molecule has 2 N–H and O–H groups in total. The topological polar surface area (TPSA) is 62.5 Å². The summed E-state index contributed by atoms with van der Waals surface area (Å²) in [4.78, 5) is 11.7. The Bertz CT molecular complexity index is 599. The third-order valence-electron chi connectivity index (χ3n) is 3.00. The van der Waals surface area contributed by atoms with Crippen LogP contribution in [0, 0.1) is 0 Å². The van der Waals surface area contributed by atoms with Crippen LogP contribution < -0.4 is 5.32 Å². The molecular weight excluding hydrogens is 313 g/mol. The van der Waals surface area contributed by atoms with E-state index in [-0.39, 0.29) is 18.9 Å². The minimum atomic E-state index is -0.844. The predicted octanol–water partition coefficient (Wildman–Crippen LogP) is 3.37. The summed E-state index contributed by atoms with van der Waals surface area (Å²) in [7, 11) is 0. The fraction of sp³-hybridized carbons (Fsp3) is 0.267. The van der Waals surface area contributed by atoms with Crippen LogP contribution in [-0.4, -0.2) is 17.6 Å². The van der Waals surface area contributed by atoms with Gasteiger partial charge in [0.25, 0.3) is 0 Å². The van der Waals surface area contributed by atoms with E-state index in [1.807, 2.05) is 0 Å². The maximum Gasteiger partial charge on any atom is 0.220 e. The molecule has 4 nitrogen and oxygen atoms in total. The SMILES string of the molecule is O=C(CCc1ccc(Cl)cc1Cl)NCC(O)c1ccco1. The Labute approximate surface area is 132 Å². The smallest absolute Gasteiger partial charge is 0.220 e. The van der Waals surface area contributed by atoms with Gasteiger partial charge in [0, 0.05) is 16.5 Å². The molecule has 1 atom stereocenters. The Morgan fingerprint density at radius 1 is 1.33 bits per heavy atom. The lowest BCUT2D eigenvalue weighted by Crippen LogP contribution is -2.28. The standard InChI is InChI=1S/C15H15Cl2NO3/c16-11-5-3-10(12(17)8-11)4-6-15(20)18-9-13(19)14-2-1-7-21-14/h1-3,5,7-8,13,19H,4,6,9H2,(H,18,20). The summed E-state index contributed by atoms with van der Waals surface area (Å²) in [5.74, 6) is 0.266. The minimum absolute atomic E-state index is 0.112. The zero-order valence-electron chi connectivity index (χ0n) is 11.2. The number of halogens is 2. The number of rotatable bonds is 6. The van der Waals surface area contributed by atoms with Crippen molar-refractivity contribution in [3.05, 3.63) is 58.0 Å². The van der Waals surface area contributed by atoms with Crippen LogP contribution in [-0.2, 0) is 11.2 Å². The third kappa shape index (κ3) is 4.77. The van der Waals surface area contributed by atoms with Crippen molar-refractivity contribution >= 4 is 29.1 Å². The molecule has 1 aromatic carbocycles. The first-order valence-corrected chi connectivity index (χ1v) is 7.24. The zero-order valence-corrected chi connectivity index (χ0v) is 12.7. The maximum atomic E-state index is 11.7. The number of carbonyl (C=O) groups excluding carboxylic acids is 1. The van der Waals surface area contributed by atoms with Crippen molar-refractivity contribution in [2.24, 2.45) is 0 Å². The summed E-state index contributed by atoms with van der Waals surface area (Å²) in [5.41, 5.74) is 0.864. The second kappa shape index (κ2) is 7.50. The van der Waals surface area contributed by atoms with Crippen molar-refractivity contribution in [3.8, 4) is 0 Å². The second-order valence-electron chi connectivity index (χ2n) is 4.57. The fourth-order valence-corrected chi connectivity index (χ4v) is 2.36. The number of nitrogens with one attached hydrogen (secondary N) is 1. The molecule has 0 bridgehead atoms. The molecule has 1 heterocycles. The van der Waals surface area contributed by atoms with E-state index in [1.165, 1.54) is 6.26 Å². The van der Waals surface area contributed by atoms with Crippen LogP contribution in [0.2, 0.25) is 10.0 Å². The van der Waals surface area contributed by atoms with Crippen molar-refractivity contribution in [3.63, 3.8) is 0 Å². The van der Waals surface area contributed by atoms with Gasteiger partial charge in [-0.1, -0.05) is 29.3 Å². The first-order chi connectivity index (χ1) is 10.1. The van der Waals surface area contributed by atoms with Crippen LogP contribution in [0.15, 0.2) is 41.0 Å². The van der Waals surface area contributed by atoms with E-state index in [2.05, 4.69) is 5.32 Å². The van der Waals surface area contributed by atoms with E-state index in [4.69, 9.17) is 27.6 Å². The normalized spacial score (nSPS) is 12.1. The molecular formula is C15H15Cl2NO3. The van der Waals surface area contributed by atoms with Crippen LogP contribution in [0.4, 0.5) is 0 Å². The zero-order chi connectivity index (χ0) is 15.2. The number of aliphatic hydroxyl groups is 1. The molecule has 0 aliphatic rings. The molecule has 112 valence electrons. The Morgan fingerprint density at radius 3 is 2.81 bits per heavy atom. The van der Waals surface area contributed by atoms with Crippen LogP contribution >= 0.6 is 23.2 Å². The third-order valence-corrected chi connectivity index (χ3v) is 3.59. The van der Waals surface area contributed by atoms with Crippen LogP contribution in [0.5, 0.6) is 0 Å². The molecule has 0 saturated carbocycles. The van der Waals surface area contributed by atoms with Crippen molar-refractivity contribution in [2.45, 2.75) is 18.9 Å². The van der Waals surface area contributed by atoms with E-state index in [1.54, 1.807) is 30.3 Å². The van der Waals surface area contributed by atoms with Gasteiger partial charge in [-0.2, -0.15) is 0 Å². The van der Waals surface area contributed by atoms with E-state index in [9.17, 15) is 9.90 Å². The molecule has 0 fully saturated rings. The van der Waals surface area contributed by atoms with E-state index in [0.717, 1.165) is 5.56 Å². The van der Waals surface area contributed by atoms with Gasteiger partial charge < -0.3 is 14.8 Å². The highest BCUT2D eigenvalue weighted by molar-refractivity contribution is 6.35. The molecule has 0 aliphatic heterocycles. The van der Waals surface area contributed by atoms with Gasteiger partial charge in [-0.25, -0.2) is 0 Å². The molecule has 2 aromatic rings. The largest absolute Gasteiger partial charge is 0.467 e. The number of hydrogen-bond donors (Lipinski definition) is 2. The molecule has 0 spiro atoms. The highest BCUT2D eigenvalue weighted by Gasteiger charge is 2.12. The van der Waals surface area contributed by atoms with Crippen molar-refractivity contribution in [1.82, 2.24) is 5.32 Å². The van der Waals surface area contributed by atoms with Gasteiger partial charge in [0.15, 0.2) is 0 Å². The van der Waals surface area contributed by atoms with Gasteiger partial charge in [-0.15, -0.1) is 0 Å². The number of aliphatic hydroxyl groups excluding tert-OH is 1. The predicted molar refractivity (Wildman–Crippen MR) is 81.5 cm³/mol. The first-order valence-electron chi connectivity index (χ1n) is 6.48. The molecule has 0 radical (unpaired) electrons. The van der Waals surface area contributed by atoms with Gasteiger partial charge in [0.2, 0.25) is 5.91 Å². The lowest BCUT2D eigenvalue weighted by Gasteiger charge is -2.10. The minimum Gasteiger partial charge on any atom is -0.467 e. The average Bonchev–Trinajstić information content (AvgIpc) is 2.98. The first kappa shape index (κ1) is 15.9. The summed E-state index contributed by atoms with van der Waals surface area (Å²) in [6, 6.07) is 8.53. The Kier molecular flexibility index (Phi) is 5.67. The summed E-state index contributed by atoms with van der Waals surface area (Å²) in [6.07, 6.45) is 1.43. The average molecular weight is 328 g/mol. The van der Waals surface area contributed by atoms with Crippen molar-refractivity contribution in [1.29, 1.82) is 0 Å². The fourth-order valence-electron chi connectivity index (χ4n) is 1.85. The van der Waals surface area contributed by atoms with Crippen molar-refractivity contribution in [2.75, 3.05) is 6.54 Å². The summed E-state index contributed by atoms with van der Waals surface area (Å²) < 4.78 is 5.05. The number of carbonyl (C=O) groups is 1. The molecule has 0 aliphatic carbocycles. The summed E-state index contributed by atoms with van der Waals surface area (Å²) >= 11 is 11.9. The van der Waals surface area contributed by atoms with E-state index < -0.39 is 6.10 Å². The maximum absolute atomic E-state index is 11.7. The Balaban J connectivity index is 1.77. The van der Waals surface area contributed by atoms with Crippen molar-refractivity contribution < 1.29 is 14.3 Å². The highest BCUT2D eigenvalue weighted by Crippen LogP contribution is 2.22. The summed E-state index contributed by atoms with van der Waals surface area (Å²) in [5, 5.41) is 13.5. The molecule has 0 saturated heterocycles. The highest BCUT2D eigenvalue weighted by atomic mass is 35.5. The van der Waals surface area contributed by atoms with Gasteiger partial charge >= 0.3 is 0 Å². The number of amides is 1. The molecule has 1 amide bonds. The lowest BCUT2D eigenvalue weighted by atomic mass is 10.1. The van der Waals surface area contributed by atoms with Gasteiger partial charge in [-0.3, -0.25) is 4.79 Å². The Morgan fingerprint density at radius 2 is 2.14 bits per heavy atom. The molecule has 1 unspecified atom stereocenters. The second-order valence-corrected chi connectivity index (χ2v) is 5.41. The monoisotopic (exact) mass is 327 g/mol.